The minimum absolute atomic E-state index is 0.142. The van der Waals surface area contributed by atoms with Crippen LogP contribution >= 0.6 is 0 Å². The van der Waals surface area contributed by atoms with Crippen LogP contribution in [0.25, 0.3) is 0 Å². The highest BCUT2D eigenvalue weighted by molar-refractivity contribution is 5.01. The van der Waals surface area contributed by atoms with Gasteiger partial charge in [0.25, 0.3) is 0 Å². The summed E-state index contributed by atoms with van der Waals surface area (Å²) in [5.74, 6) is 1.67. The zero-order valence-electron chi connectivity index (χ0n) is 14.5. The molecule has 1 N–H and O–H groups in total. The Bertz CT molecular complexity index is 465. The molecule has 1 atom stereocenters. The zero-order valence-corrected chi connectivity index (χ0v) is 14.5. The molecule has 1 fully saturated rings. The van der Waals surface area contributed by atoms with Crippen LogP contribution in [-0.2, 0) is 13.1 Å². The third kappa shape index (κ3) is 3.83. The molecule has 1 aliphatic heterocycles. The Kier molecular flexibility index (Phi) is 4.73. The summed E-state index contributed by atoms with van der Waals surface area (Å²) < 4.78 is 2.06. The Morgan fingerprint density at radius 1 is 1.33 bits per heavy atom. The molecule has 0 aromatic carbocycles. The highest BCUT2D eigenvalue weighted by atomic mass is 15.4. The molecule has 21 heavy (non-hydrogen) atoms. The van der Waals surface area contributed by atoms with Crippen LogP contribution in [0.4, 0.5) is 0 Å². The van der Waals surface area contributed by atoms with Crippen LogP contribution in [0.5, 0.6) is 0 Å². The van der Waals surface area contributed by atoms with Gasteiger partial charge in [-0.15, -0.1) is 0 Å². The topological polar surface area (TPSA) is 46.0 Å². The molecular formula is C16H31N5. The van der Waals surface area contributed by atoms with E-state index in [1.165, 1.54) is 0 Å². The molecule has 2 heterocycles. The molecule has 5 nitrogen and oxygen atoms in total. The first kappa shape index (κ1) is 16.4. The van der Waals surface area contributed by atoms with Crippen LogP contribution in [0, 0.1) is 5.92 Å². The number of hydrogen-bond donors (Lipinski definition) is 1. The van der Waals surface area contributed by atoms with Crippen LogP contribution in [0.2, 0.25) is 0 Å². The first-order chi connectivity index (χ1) is 9.76. The maximum absolute atomic E-state index is 4.49. The zero-order chi connectivity index (χ0) is 15.7. The van der Waals surface area contributed by atoms with E-state index in [-0.39, 0.29) is 11.1 Å². The normalized spacial score (nSPS) is 26.4. The van der Waals surface area contributed by atoms with E-state index in [9.17, 15) is 0 Å². The molecule has 0 aliphatic carbocycles. The number of aromatic nitrogens is 3. The predicted molar refractivity (Wildman–Crippen MR) is 86.0 cm³/mol. The summed E-state index contributed by atoms with van der Waals surface area (Å²) in [6, 6.07) is 0. The summed E-state index contributed by atoms with van der Waals surface area (Å²) in [5.41, 5.74) is 0.335. The van der Waals surface area contributed by atoms with Gasteiger partial charge in [-0.25, -0.2) is 9.67 Å². The molecule has 0 spiro atoms. The fourth-order valence-electron chi connectivity index (χ4n) is 2.82. The first-order valence-corrected chi connectivity index (χ1v) is 8.12. The largest absolute Gasteiger partial charge is 0.308 e. The summed E-state index contributed by atoms with van der Waals surface area (Å²) in [6.07, 6.45) is 2.82. The fraction of sp³-hybridized carbons (Fsp3) is 0.875. The smallest absolute Gasteiger partial charge is 0.141 e. The van der Waals surface area contributed by atoms with Crippen molar-refractivity contribution in [2.45, 2.75) is 72.1 Å². The van der Waals surface area contributed by atoms with Crippen LogP contribution in [0.1, 0.15) is 53.8 Å². The van der Waals surface area contributed by atoms with Crippen LogP contribution in [-0.4, -0.2) is 43.8 Å². The molecule has 0 saturated carbocycles. The maximum atomic E-state index is 4.49. The van der Waals surface area contributed by atoms with Crippen molar-refractivity contribution in [1.29, 1.82) is 0 Å². The molecule has 1 aromatic rings. The summed E-state index contributed by atoms with van der Waals surface area (Å²) in [4.78, 5) is 7.04. The number of hydrogen-bond acceptors (Lipinski definition) is 4. The van der Waals surface area contributed by atoms with Gasteiger partial charge in [-0.05, 0) is 33.1 Å². The highest BCUT2D eigenvalue weighted by Gasteiger charge is 2.39. The lowest BCUT2D eigenvalue weighted by molar-refractivity contribution is 0.0214. The first-order valence-electron chi connectivity index (χ1n) is 8.12. The van der Waals surface area contributed by atoms with Gasteiger partial charge in [0.05, 0.1) is 6.54 Å². The van der Waals surface area contributed by atoms with Crippen molar-refractivity contribution in [3.8, 4) is 0 Å². The molecule has 1 aromatic heterocycles. The number of piperazine rings is 1. The summed E-state index contributed by atoms with van der Waals surface area (Å²) in [7, 11) is 0. The van der Waals surface area contributed by atoms with Crippen LogP contribution in [0.3, 0.4) is 0 Å². The van der Waals surface area contributed by atoms with Gasteiger partial charge in [-0.1, -0.05) is 20.8 Å². The highest BCUT2D eigenvalue weighted by Crippen LogP contribution is 2.27. The monoisotopic (exact) mass is 293 g/mol. The summed E-state index contributed by atoms with van der Waals surface area (Å²) in [5, 5.41) is 8.10. The van der Waals surface area contributed by atoms with Gasteiger partial charge in [0, 0.05) is 30.7 Å². The molecule has 1 unspecified atom stereocenters. The van der Waals surface area contributed by atoms with Gasteiger partial charge in [-0.2, -0.15) is 5.10 Å². The average Bonchev–Trinajstić information content (AvgIpc) is 2.81. The minimum atomic E-state index is 0.142. The third-order valence-electron chi connectivity index (χ3n) is 4.69. The molecule has 120 valence electrons. The lowest BCUT2D eigenvalue weighted by atomic mass is 9.88. The Labute approximate surface area is 129 Å². The molecule has 0 amide bonds. The second kappa shape index (κ2) is 6.05. The molecule has 1 saturated heterocycles. The van der Waals surface area contributed by atoms with Crippen LogP contribution in [0.15, 0.2) is 6.33 Å². The Morgan fingerprint density at radius 3 is 2.67 bits per heavy atom. The van der Waals surface area contributed by atoms with E-state index in [2.05, 4.69) is 66.5 Å². The van der Waals surface area contributed by atoms with Crippen molar-refractivity contribution in [3.63, 3.8) is 0 Å². The standard InChI is InChI=1S/C16H31N5/c1-7-16(6)11-20(15(4,5)10-18-16)9-14-17-12-19-21(14)8-13(2)3/h12-13,18H,7-11H2,1-6H3. The van der Waals surface area contributed by atoms with Crippen molar-refractivity contribution in [1.82, 2.24) is 25.0 Å². The van der Waals surface area contributed by atoms with Gasteiger partial charge in [0.15, 0.2) is 0 Å². The lowest BCUT2D eigenvalue weighted by Crippen LogP contribution is -2.66. The quantitative estimate of drug-likeness (QED) is 0.905. The number of nitrogens with one attached hydrogen (secondary N) is 1. The average molecular weight is 293 g/mol. The molecule has 0 radical (unpaired) electrons. The molecule has 0 bridgehead atoms. The van der Waals surface area contributed by atoms with Crippen molar-refractivity contribution in [2.24, 2.45) is 5.92 Å². The van der Waals surface area contributed by atoms with Crippen LogP contribution < -0.4 is 5.32 Å². The maximum Gasteiger partial charge on any atom is 0.141 e. The summed E-state index contributed by atoms with van der Waals surface area (Å²) >= 11 is 0. The third-order valence-corrected chi connectivity index (χ3v) is 4.69. The van der Waals surface area contributed by atoms with Gasteiger partial charge in [-0.3, -0.25) is 4.90 Å². The Morgan fingerprint density at radius 2 is 2.05 bits per heavy atom. The van der Waals surface area contributed by atoms with Gasteiger partial charge >= 0.3 is 0 Å². The van der Waals surface area contributed by atoms with E-state index in [0.29, 0.717) is 5.92 Å². The summed E-state index contributed by atoms with van der Waals surface area (Å²) in [6.45, 7) is 17.5. The molecule has 2 rings (SSSR count). The van der Waals surface area contributed by atoms with Crippen molar-refractivity contribution < 1.29 is 0 Å². The predicted octanol–water partition coefficient (Wildman–Crippen LogP) is 2.29. The second-order valence-corrected chi connectivity index (χ2v) is 7.69. The van der Waals surface area contributed by atoms with Crippen molar-refractivity contribution >= 4 is 0 Å². The Balaban J connectivity index is 2.14. The molecule has 5 heteroatoms. The minimum Gasteiger partial charge on any atom is -0.308 e. The van der Waals surface area contributed by atoms with Crippen molar-refractivity contribution in [3.05, 3.63) is 12.2 Å². The lowest BCUT2D eigenvalue weighted by Gasteiger charge is -2.50. The van der Waals surface area contributed by atoms with E-state index in [1.54, 1.807) is 6.33 Å². The fourth-order valence-corrected chi connectivity index (χ4v) is 2.82. The van der Waals surface area contributed by atoms with Gasteiger partial charge < -0.3 is 5.32 Å². The Hall–Kier alpha value is -0.940. The van der Waals surface area contributed by atoms with E-state index in [0.717, 1.165) is 38.4 Å². The SMILES string of the molecule is CCC1(C)CN(Cc2ncnn2CC(C)C)C(C)(C)CN1. The van der Waals surface area contributed by atoms with E-state index >= 15 is 0 Å². The van der Waals surface area contributed by atoms with Gasteiger partial charge in [0.2, 0.25) is 0 Å². The number of rotatable bonds is 5. The van der Waals surface area contributed by atoms with E-state index < -0.39 is 0 Å². The molecular weight excluding hydrogens is 262 g/mol. The molecule has 1 aliphatic rings. The van der Waals surface area contributed by atoms with E-state index in [4.69, 9.17) is 0 Å². The second-order valence-electron chi connectivity index (χ2n) is 7.69. The van der Waals surface area contributed by atoms with Crippen molar-refractivity contribution in [2.75, 3.05) is 13.1 Å². The number of nitrogens with zero attached hydrogens (tertiary/aromatic N) is 4. The van der Waals surface area contributed by atoms with E-state index in [1.807, 2.05) is 0 Å². The van der Waals surface area contributed by atoms with Gasteiger partial charge in [0.1, 0.15) is 12.2 Å².